The van der Waals surface area contributed by atoms with Crippen LogP contribution in [0.5, 0.6) is 5.75 Å². The third-order valence-corrected chi connectivity index (χ3v) is 5.66. The first kappa shape index (κ1) is 17.7. The number of fused-ring (bicyclic) bond motifs is 1. The second-order valence-electron chi connectivity index (χ2n) is 6.96. The molecule has 2 heterocycles. The molecule has 0 saturated heterocycles. The first-order chi connectivity index (χ1) is 13.2. The summed E-state index contributed by atoms with van der Waals surface area (Å²) in [7, 11) is 0. The normalized spacial score (nSPS) is 15.1. The van der Waals surface area contributed by atoms with Gasteiger partial charge in [-0.1, -0.05) is 42.5 Å². The van der Waals surface area contributed by atoms with E-state index in [2.05, 4.69) is 13.8 Å². The molecule has 0 aliphatic carbocycles. The third-order valence-electron chi connectivity index (χ3n) is 5.66. The first-order valence-corrected chi connectivity index (χ1v) is 9.51. The van der Waals surface area contributed by atoms with Crippen molar-refractivity contribution in [3.63, 3.8) is 0 Å². The number of rotatable bonds is 4. The Hall–Kier alpha value is -2.72. The Balaban J connectivity index is 1.73. The summed E-state index contributed by atoms with van der Waals surface area (Å²) in [6, 6.07) is 17.1. The topological polar surface area (TPSA) is 22.1 Å². The van der Waals surface area contributed by atoms with Crippen molar-refractivity contribution in [1.29, 1.82) is 0 Å². The smallest absolute Gasteiger partial charge is 0.270 e. The molecule has 0 saturated carbocycles. The Kier molecular flexibility index (Phi) is 4.66. The van der Waals surface area contributed by atoms with Gasteiger partial charge in [-0.15, -0.1) is 0 Å². The fourth-order valence-electron chi connectivity index (χ4n) is 3.88. The van der Waals surface area contributed by atoms with Gasteiger partial charge in [0, 0.05) is 17.3 Å². The summed E-state index contributed by atoms with van der Waals surface area (Å²) < 4.78 is 21.6. The number of pyridine rings is 1. The maximum Gasteiger partial charge on any atom is 0.270 e. The number of benzene rings is 2. The van der Waals surface area contributed by atoms with E-state index in [4.69, 9.17) is 9.72 Å². The largest absolute Gasteiger partial charge is 0.480 e. The summed E-state index contributed by atoms with van der Waals surface area (Å²) in [6.45, 7) is 7.88. The highest BCUT2D eigenvalue weighted by molar-refractivity contribution is 5.72. The molecule has 2 aromatic carbocycles. The summed E-state index contributed by atoms with van der Waals surface area (Å²) >= 11 is 0. The predicted octanol–water partition coefficient (Wildman–Crippen LogP) is 5.29. The van der Waals surface area contributed by atoms with E-state index in [0.717, 1.165) is 52.4 Å². The molecule has 3 aromatic rings. The monoisotopic (exact) mass is 363 g/mol. The number of halogens is 1. The van der Waals surface area contributed by atoms with Gasteiger partial charge in [0.15, 0.2) is 0 Å². The van der Waals surface area contributed by atoms with E-state index in [1.54, 1.807) is 12.3 Å². The van der Waals surface area contributed by atoms with Gasteiger partial charge in [0.25, 0.3) is 5.82 Å². The molecule has 1 aromatic heterocycles. The quantitative estimate of drug-likeness (QED) is 0.587. The summed E-state index contributed by atoms with van der Waals surface area (Å²) in [5, 5.41) is 0. The van der Waals surface area contributed by atoms with Gasteiger partial charge < -0.3 is 4.74 Å². The minimum absolute atomic E-state index is 0.249. The van der Waals surface area contributed by atoms with Gasteiger partial charge in [-0.05, 0) is 37.1 Å². The molecule has 4 heteroatoms. The summed E-state index contributed by atoms with van der Waals surface area (Å²) in [6.07, 6.45) is 1.77. The molecular formula is C23H24FN2O+. The van der Waals surface area contributed by atoms with Crippen molar-refractivity contribution < 1.29 is 9.13 Å². The summed E-state index contributed by atoms with van der Waals surface area (Å²) in [5.74, 6) is 1.48. The van der Waals surface area contributed by atoms with Crippen molar-refractivity contribution >= 4 is 5.82 Å². The second kappa shape index (κ2) is 7.12. The summed E-state index contributed by atoms with van der Waals surface area (Å²) in [5.41, 5.74) is 3.16. The highest BCUT2D eigenvalue weighted by Crippen LogP contribution is 2.38. The number of aromatic nitrogens is 1. The highest BCUT2D eigenvalue weighted by Gasteiger charge is 2.36. The second-order valence-corrected chi connectivity index (χ2v) is 6.96. The standard InChI is InChI=1S/C23H24FN2O/c1-3-26(4-2)12-13-27-22-15-19(16-25-23(22)26)20-11-10-18(14-21(20)24)17-8-6-5-7-9-17/h5-11,14-16H,3-4,12-13H2,1-2H3/q+1. The predicted molar refractivity (Wildman–Crippen MR) is 108 cm³/mol. The fraction of sp³-hybridized carbons (Fsp3) is 0.261. The Bertz CT molecular complexity index is 952. The minimum Gasteiger partial charge on any atom is -0.480 e. The molecule has 1 aliphatic rings. The van der Waals surface area contributed by atoms with Crippen molar-refractivity contribution in [3.05, 3.63) is 66.6 Å². The average molecular weight is 363 g/mol. The van der Waals surface area contributed by atoms with Crippen LogP contribution in [0.1, 0.15) is 13.8 Å². The lowest BCUT2D eigenvalue weighted by Gasteiger charge is -2.38. The van der Waals surface area contributed by atoms with Crippen LogP contribution >= 0.6 is 0 Å². The Labute approximate surface area is 159 Å². The molecule has 0 atom stereocenters. The lowest BCUT2D eigenvalue weighted by Crippen LogP contribution is -2.54. The van der Waals surface area contributed by atoms with Crippen LogP contribution < -0.4 is 9.22 Å². The third kappa shape index (κ3) is 3.10. The molecule has 0 spiro atoms. The SMILES string of the molecule is CC[N+]1(CC)CCOc2cc(-c3ccc(-c4ccccc4)cc3F)cnc21. The Morgan fingerprint density at radius 3 is 2.44 bits per heavy atom. The molecule has 0 fully saturated rings. The summed E-state index contributed by atoms with van der Waals surface area (Å²) in [4.78, 5) is 4.69. The van der Waals surface area contributed by atoms with E-state index in [0.29, 0.717) is 12.2 Å². The molecule has 0 N–H and O–H groups in total. The number of ether oxygens (including phenoxy) is 1. The van der Waals surface area contributed by atoms with Crippen LogP contribution in [0, 0.1) is 5.82 Å². The molecular weight excluding hydrogens is 339 g/mol. The van der Waals surface area contributed by atoms with E-state index in [-0.39, 0.29) is 5.82 Å². The highest BCUT2D eigenvalue weighted by atomic mass is 19.1. The van der Waals surface area contributed by atoms with Crippen LogP contribution in [0.4, 0.5) is 10.2 Å². The zero-order valence-electron chi connectivity index (χ0n) is 15.8. The number of hydrogen-bond acceptors (Lipinski definition) is 2. The van der Waals surface area contributed by atoms with Crippen molar-refractivity contribution in [1.82, 2.24) is 9.47 Å². The van der Waals surface area contributed by atoms with Gasteiger partial charge in [-0.3, -0.25) is 4.48 Å². The molecule has 0 radical (unpaired) electrons. The molecule has 0 amide bonds. The van der Waals surface area contributed by atoms with Crippen molar-refractivity contribution in [3.8, 4) is 28.0 Å². The lowest BCUT2D eigenvalue weighted by molar-refractivity contribution is 0.181. The number of likely N-dealkylation sites (N-methyl/N-ethyl adjacent to an activating group) is 1. The number of nitrogens with zero attached hydrogens (tertiary/aromatic N) is 2. The van der Waals surface area contributed by atoms with E-state index >= 15 is 0 Å². The molecule has 1 aliphatic heterocycles. The Morgan fingerprint density at radius 2 is 1.74 bits per heavy atom. The zero-order valence-corrected chi connectivity index (χ0v) is 15.8. The molecule has 4 rings (SSSR count). The maximum absolute atomic E-state index is 14.9. The maximum atomic E-state index is 14.9. The van der Waals surface area contributed by atoms with E-state index in [9.17, 15) is 4.39 Å². The molecule has 27 heavy (non-hydrogen) atoms. The van der Waals surface area contributed by atoms with Crippen molar-refractivity contribution in [2.24, 2.45) is 0 Å². The molecule has 138 valence electrons. The van der Waals surface area contributed by atoms with Gasteiger partial charge in [0.05, 0.1) is 13.1 Å². The van der Waals surface area contributed by atoms with Crippen LogP contribution in [-0.4, -0.2) is 31.2 Å². The average Bonchev–Trinajstić information content (AvgIpc) is 2.73. The van der Waals surface area contributed by atoms with Gasteiger partial charge in [0.1, 0.15) is 19.0 Å². The van der Waals surface area contributed by atoms with Crippen LogP contribution in [-0.2, 0) is 0 Å². The molecule has 0 unspecified atom stereocenters. The number of hydrogen-bond donors (Lipinski definition) is 0. The van der Waals surface area contributed by atoms with Gasteiger partial charge in [-0.25, -0.2) is 9.37 Å². The van der Waals surface area contributed by atoms with E-state index in [1.807, 2.05) is 48.5 Å². The number of quaternary nitrogens is 1. The lowest BCUT2D eigenvalue weighted by atomic mass is 10.0. The zero-order chi connectivity index (χ0) is 18.9. The van der Waals surface area contributed by atoms with E-state index < -0.39 is 0 Å². The molecule has 3 nitrogen and oxygen atoms in total. The fourth-order valence-corrected chi connectivity index (χ4v) is 3.88. The van der Waals surface area contributed by atoms with E-state index in [1.165, 1.54) is 0 Å². The van der Waals surface area contributed by atoms with Crippen LogP contribution in [0.3, 0.4) is 0 Å². The van der Waals surface area contributed by atoms with Gasteiger partial charge in [0.2, 0.25) is 5.75 Å². The van der Waals surface area contributed by atoms with Crippen LogP contribution in [0.25, 0.3) is 22.3 Å². The van der Waals surface area contributed by atoms with Crippen molar-refractivity contribution in [2.45, 2.75) is 13.8 Å². The van der Waals surface area contributed by atoms with Gasteiger partial charge in [-0.2, -0.15) is 0 Å². The minimum atomic E-state index is -0.249. The molecule has 0 bridgehead atoms. The van der Waals surface area contributed by atoms with Crippen LogP contribution in [0.2, 0.25) is 0 Å². The van der Waals surface area contributed by atoms with Crippen LogP contribution in [0.15, 0.2) is 60.8 Å². The Morgan fingerprint density at radius 1 is 0.963 bits per heavy atom. The first-order valence-electron chi connectivity index (χ1n) is 9.51. The van der Waals surface area contributed by atoms with Gasteiger partial charge >= 0.3 is 0 Å². The van der Waals surface area contributed by atoms with Crippen molar-refractivity contribution in [2.75, 3.05) is 26.2 Å².